The van der Waals surface area contributed by atoms with E-state index < -0.39 is 0 Å². The minimum atomic E-state index is -0.382. The van der Waals surface area contributed by atoms with Crippen molar-refractivity contribution in [3.8, 4) is 17.2 Å². The van der Waals surface area contributed by atoms with E-state index in [4.69, 9.17) is 9.47 Å². The highest BCUT2D eigenvalue weighted by Crippen LogP contribution is 2.37. The standard InChI is InChI=1S/C16H12N2O4S/c19-15-17(9-11-5-2-1-3-6-11)16(20)23-18(15)12-7-4-8-13-14(12)22-10-21-13/h1-8H,9-10H2. The molecule has 2 aromatic carbocycles. The van der Waals surface area contributed by atoms with Crippen molar-refractivity contribution in [1.29, 1.82) is 0 Å². The van der Waals surface area contributed by atoms with Gasteiger partial charge in [0.25, 0.3) is 0 Å². The Morgan fingerprint density at radius 2 is 1.83 bits per heavy atom. The van der Waals surface area contributed by atoms with Crippen LogP contribution in [0.1, 0.15) is 5.56 Å². The zero-order valence-corrected chi connectivity index (χ0v) is 12.8. The fourth-order valence-electron chi connectivity index (χ4n) is 2.48. The molecule has 0 radical (unpaired) electrons. The number of hydrogen-bond donors (Lipinski definition) is 0. The summed E-state index contributed by atoms with van der Waals surface area (Å²) in [5.41, 5.74) is 1.04. The lowest BCUT2D eigenvalue weighted by Gasteiger charge is -2.04. The normalized spacial score (nSPS) is 12.5. The second-order valence-electron chi connectivity index (χ2n) is 5.02. The summed E-state index contributed by atoms with van der Waals surface area (Å²) in [4.78, 5) is 24.6. The van der Waals surface area contributed by atoms with E-state index in [1.54, 1.807) is 18.2 Å². The van der Waals surface area contributed by atoms with E-state index in [0.717, 1.165) is 17.1 Å². The average Bonchev–Trinajstić information content (AvgIpc) is 3.15. The Bertz CT molecular complexity index is 972. The van der Waals surface area contributed by atoms with Gasteiger partial charge in [0, 0.05) is 11.5 Å². The highest BCUT2D eigenvalue weighted by atomic mass is 32.1. The molecule has 116 valence electrons. The van der Waals surface area contributed by atoms with Crippen molar-refractivity contribution >= 4 is 11.5 Å². The zero-order valence-electron chi connectivity index (χ0n) is 12.0. The van der Waals surface area contributed by atoms with E-state index in [-0.39, 0.29) is 23.9 Å². The lowest BCUT2D eigenvalue weighted by Crippen LogP contribution is -2.28. The van der Waals surface area contributed by atoms with Gasteiger partial charge >= 0.3 is 10.6 Å². The molecule has 0 N–H and O–H groups in total. The molecule has 0 bridgehead atoms. The molecule has 0 atom stereocenters. The van der Waals surface area contributed by atoms with E-state index in [1.807, 2.05) is 30.3 Å². The van der Waals surface area contributed by atoms with Crippen LogP contribution in [0.15, 0.2) is 58.1 Å². The van der Waals surface area contributed by atoms with Gasteiger partial charge in [-0.15, -0.1) is 0 Å². The minimum absolute atomic E-state index is 0.112. The monoisotopic (exact) mass is 328 g/mol. The maximum atomic E-state index is 12.6. The Hall–Kier alpha value is -2.80. The van der Waals surface area contributed by atoms with Crippen LogP contribution in [-0.4, -0.2) is 15.3 Å². The Labute approximate surface area is 134 Å². The molecule has 4 rings (SSSR count). The smallest absolute Gasteiger partial charge is 0.346 e. The SMILES string of the molecule is O=c1sn(-c2cccc3c2OCO3)c(=O)n1Cc1ccccc1. The maximum Gasteiger partial charge on any atom is 0.346 e. The number of hydrogen-bond acceptors (Lipinski definition) is 5. The third-order valence-corrected chi connectivity index (χ3v) is 4.48. The predicted molar refractivity (Wildman–Crippen MR) is 85.8 cm³/mol. The van der Waals surface area contributed by atoms with Gasteiger partial charge in [0.1, 0.15) is 5.69 Å². The fourth-order valence-corrected chi connectivity index (χ4v) is 3.30. The number of fused-ring (bicyclic) bond motifs is 1. The first-order chi connectivity index (χ1) is 11.2. The number of ether oxygens (including phenoxy) is 2. The van der Waals surface area contributed by atoms with Gasteiger partial charge in [-0.25, -0.2) is 13.3 Å². The van der Waals surface area contributed by atoms with E-state index in [9.17, 15) is 9.59 Å². The Morgan fingerprint density at radius 1 is 1.00 bits per heavy atom. The average molecular weight is 328 g/mol. The van der Waals surface area contributed by atoms with Crippen molar-refractivity contribution in [1.82, 2.24) is 8.52 Å². The van der Waals surface area contributed by atoms with Crippen molar-refractivity contribution in [2.45, 2.75) is 6.54 Å². The summed E-state index contributed by atoms with van der Waals surface area (Å²) in [7, 11) is 0. The molecule has 1 aromatic heterocycles. The molecule has 23 heavy (non-hydrogen) atoms. The van der Waals surface area contributed by atoms with Gasteiger partial charge in [0.2, 0.25) is 6.79 Å². The van der Waals surface area contributed by atoms with Crippen LogP contribution < -0.4 is 20.0 Å². The molecule has 0 saturated carbocycles. The molecule has 3 aromatic rings. The first-order valence-electron chi connectivity index (χ1n) is 7.00. The second kappa shape index (κ2) is 5.44. The van der Waals surface area contributed by atoms with Crippen molar-refractivity contribution in [3.63, 3.8) is 0 Å². The number of nitrogens with zero attached hydrogens (tertiary/aromatic N) is 2. The van der Waals surface area contributed by atoms with Crippen LogP contribution in [0.25, 0.3) is 5.69 Å². The molecule has 0 fully saturated rings. The Kier molecular flexibility index (Phi) is 3.27. The number of benzene rings is 2. The Balaban J connectivity index is 1.81. The van der Waals surface area contributed by atoms with Crippen LogP contribution in [0, 0.1) is 0 Å². The van der Waals surface area contributed by atoms with E-state index >= 15 is 0 Å². The molecule has 7 heteroatoms. The summed E-state index contributed by atoms with van der Waals surface area (Å²) in [6.07, 6.45) is 0. The third-order valence-electron chi connectivity index (χ3n) is 3.57. The maximum absolute atomic E-state index is 12.6. The molecule has 1 aliphatic rings. The largest absolute Gasteiger partial charge is 0.454 e. The molecule has 6 nitrogen and oxygen atoms in total. The van der Waals surface area contributed by atoms with Crippen LogP contribution in [0.4, 0.5) is 0 Å². The van der Waals surface area contributed by atoms with Crippen LogP contribution in [0.5, 0.6) is 11.5 Å². The van der Waals surface area contributed by atoms with Gasteiger partial charge in [-0.1, -0.05) is 36.4 Å². The predicted octanol–water partition coefficient (Wildman–Crippen LogP) is 1.84. The topological polar surface area (TPSA) is 62.5 Å². The van der Waals surface area contributed by atoms with Gasteiger partial charge in [0.15, 0.2) is 11.5 Å². The van der Waals surface area contributed by atoms with E-state index in [2.05, 4.69) is 0 Å². The highest BCUT2D eigenvalue weighted by molar-refractivity contribution is 7.03. The molecular weight excluding hydrogens is 316 g/mol. The summed E-state index contributed by atoms with van der Waals surface area (Å²) in [6, 6.07) is 14.7. The van der Waals surface area contributed by atoms with Crippen molar-refractivity contribution in [3.05, 3.63) is 74.2 Å². The number of aromatic nitrogens is 2. The molecular formula is C16H12N2O4S. The van der Waals surface area contributed by atoms with Gasteiger partial charge in [-0.3, -0.25) is 4.79 Å². The lowest BCUT2D eigenvalue weighted by atomic mass is 10.2. The van der Waals surface area contributed by atoms with Gasteiger partial charge in [0.05, 0.1) is 6.54 Å². The quantitative estimate of drug-likeness (QED) is 0.736. The third kappa shape index (κ3) is 2.35. The van der Waals surface area contributed by atoms with Crippen molar-refractivity contribution in [2.24, 2.45) is 0 Å². The first kappa shape index (κ1) is 13.8. The summed E-state index contributed by atoms with van der Waals surface area (Å²) in [6.45, 7) is 0.356. The van der Waals surface area contributed by atoms with Gasteiger partial charge in [-0.05, 0) is 17.7 Å². The first-order valence-corrected chi connectivity index (χ1v) is 7.77. The lowest BCUT2D eigenvalue weighted by molar-refractivity contribution is 0.174. The van der Waals surface area contributed by atoms with Crippen LogP contribution in [0.3, 0.4) is 0 Å². The molecule has 1 aliphatic heterocycles. The zero-order chi connectivity index (χ0) is 15.8. The molecule has 0 saturated heterocycles. The molecule has 2 heterocycles. The van der Waals surface area contributed by atoms with Crippen molar-refractivity contribution in [2.75, 3.05) is 6.79 Å². The Morgan fingerprint density at radius 3 is 2.65 bits per heavy atom. The van der Waals surface area contributed by atoms with E-state index in [1.165, 1.54) is 8.52 Å². The van der Waals surface area contributed by atoms with Crippen molar-refractivity contribution < 1.29 is 9.47 Å². The van der Waals surface area contributed by atoms with Gasteiger partial charge < -0.3 is 9.47 Å². The summed E-state index contributed by atoms with van der Waals surface area (Å²) >= 11 is 0.855. The highest BCUT2D eigenvalue weighted by Gasteiger charge is 2.22. The number of para-hydroxylation sites is 1. The summed E-state index contributed by atoms with van der Waals surface area (Å²) in [5.74, 6) is 1.06. The molecule has 0 unspecified atom stereocenters. The fraction of sp³-hybridized carbons (Fsp3) is 0.125. The molecule has 0 amide bonds. The van der Waals surface area contributed by atoms with E-state index in [0.29, 0.717) is 17.2 Å². The summed E-state index contributed by atoms with van der Waals surface area (Å²) in [5, 5.41) is 0. The number of rotatable bonds is 3. The second-order valence-corrected chi connectivity index (χ2v) is 5.91. The van der Waals surface area contributed by atoms with Gasteiger partial charge in [-0.2, -0.15) is 0 Å². The molecule has 0 spiro atoms. The summed E-state index contributed by atoms with van der Waals surface area (Å²) < 4.78 is 13.3. The van der Waals surface area contributed by atoms with Crippen LogP contribution in [0.2, 0.25) is 0 Å². The molecule has 0 aliphatic carbocycles. The minimum Gasteiger partial charge on any atom is -0.454 e. The van der Waals surface area contributed by atoms with Crippen LogP contribution in [-0.2, 0) is 6.54 Å². The van der Waals surface area contributed by atoms with Crippen LogP contribution >= 0.6 is 11.5 Å².